The molecule has 2 aromatic rings. The summed E-state index contributed by atoms with van der Waals surface area (Å²) < 4.78 is 16.9. The van der Waals surface area contributed by atoms with E-state index in [4.69, 9.17) is 25.8 Å². The van der Waals surface area contributed by atoms with Gasteiger partial charge in [0.05, 0.1) is 12.3 Å². The SMILES string of the molecule is CCOc1cc2c(cc1NC(=O)COc1cccc(Cl)c1)O[C@@H](C)C2. The van der Waals surface area contributed by atoms with E-state index in [2.05, 4.69) is 5.32 Å². The van der Waals surface area contributed by atoms with Crippen LogP contribution in [0.5, 0.6) is 17.2 Å². The summed E-state index contributed by atoms with van der Waals surface area (Å²) in [5, 5.41) is 3.38. The second-order valence-corrected chi connectivity index (χ2v) is 6.25. The number of ether oxygens (including phenoxy) is 3. The summed E-state index contributed by atoms with van der Waals surface area (Å²) in [7, 11) is 0. The highest BCUT2D eigenvalue weighted by Crippen LogP contribution is 2.38. The lowest BCUT2D eigenvalue weighted by Crippen LogP contribution is -2.20. The molecule has 0 radical (unpaired) electrons. The number of hydrogen-bond acceptors (Lipinski definition) is 4. The Bertz CT molecular complexity index is 778. The Hall–Kier alpha value is -2.40. The molecule has 0 bridgehead atoms. The van der Waals surface area contributed by atoms with Crippen LogP contribution in [0.2, 0.25) is 5.02 Å². The summed E-state index contributed by atoms with van der Waals surface area (Å²) in [6.45, 7) is 4.30. The van der Waals surface area contributed by atoms with Crippen molar-refractivity contribution in [1.82, 2.24) is 0 Å². The van der Waals surface area contributed by atoms with Crippen LogP contribution in [0.25, 0.3) is 0 Å². The number of amides is 1. The van der Waals surface area contributed by atoms with Gasteiger partial charge in [0.2, 0.25) is 0 Å². The Morgan fingerprint density at radius 3 is 2.92 bits per heavy atom. The molecule has 0 saturated carbocycles. The van der Waals surface area contributed by atoms with Crippen LogP contribution in [0.3, 0.4) is 0 Å². The van der Waals surface area contributed by atoms with Gasteiger partial charge < -0.3 is 19.5 Å². The van der Waals surface area contributed by atoms with Crippen LogP contribution in [0.1, 0.15) is 19.4 Å². The molecule has 6 heteroatoms. The van der Waals surface area contributed by atoms with E-state index in [1.807, 2.05) is 19.9 Å². The van der Waals surface area contributed by atoms with E-state index in [1.165, 1.54) is 0 Å². The first-order chi connectivity index (χ1) is 12.0. The van der Waals surface area contributed by atoms with Crippen molar-refractivity contribution in [3.63, 3.8) is 0 Å². The molecule has 1 N–H and O–H groups in total. The standard InChI is InChI=1S/C19H20ClNO4/c1-3-23-18-8-13-7-12(2)25-17(13)10-16(18)21-19(22)11-24-15-6-4-5-14(20)9-15/h4-6,8-10,12H,3,7,11H2,1-2H3,(H,21,22)/t12-/m0/s1. The largest absolute Gasteiger partial charge is 0.492 e. The third kappa shape index (κ3) is 4.37. The van der Waals surface area contributed by atoms with Gasteiger partial charge in [0.25, 0.3) is 5.91 Å². The van der Waals surface area contributed by atoms with Crippen LogP contribution in [0.4, 0.5) is 5.69 Å². The van der Waals surface area contributed by atoms with E-state index in [-0.39, 0.29) is 18.6 Å². The number of rotatable bonds is 6. The van der Waals surface area contributed by atoms with Gasteiger partial charge in [-0.3, -0.25) is 4.79 Å². The first-order valence-electron chi connectivity index (χ1n) is 8.19. The molecule has 132 valence electrons. The minimum atomic E-state index is -0.285. The predicted octanol–water partition coefficient (Wildman–Crippen LogP) is 4.08. The molecular formula is C19H20ClNO4. The van der Waals surface area contributed by atoms with Gasteiger partial charge >= 0.3 is 0 Å². The minimum absolute atomic E-state index is 0.125. The molecule has 2 aromatic carbocycles. The van der Waals surface area contributed by atoms with Crippen LogP contribution in [0.15, 0.2) is 36.4 Å². The zero-order valence-electron chi connectivity index (χ0n) is 14.2. The lowest BCUT2D eigenvalue weighted by molar-refractivity contribution is -0.118. The molecule has 3 rings (SSSR count). The lowest BCUT2D eigenvalue weighted by Gasteiger charge is -2.14. The molecule has 0 unspecified atom stereocenters. The Kier molecular flexibility index (Phi) is 5.34. The maximum absolute atomic E-state index is 12.2. The Morgan fingerprint density at radius 1 is 1.32 bits per heavy atom. The van der Waals surface area contributed by atoms with E-state index in [0.29, 0.717) is 28.8 Å². The second kappa shape index (κ2) is 7.66. The van der Waals surface area contributed by atoms with Crippen LogP contribution >= 0.6 is 11.6 Å². The van der Waals surface area contributed by atoms with Crippen LogP contribution < -0.4 is 19.5 Å². The summed E-state index contributed by atoms with van der Waals surface area (Å²) in [6, 6.07) is 10.6. The average molecular weight is 362 g/mol. The topological polar surface area (TPSA) is 56.8 Å². The number of nitrogens with one attached hydrogen (secondary N) is 1. The van der Waals surface area contributed by atoms with Crippen LogP contribution in [0, 0.1) is 0 Å². The Balaban J connectivity index is 1.69. The maximum atomic E-state index is 12.2. The van der Waals surface area contributed by atoms with Crippen molar-refractivity contribution in [2.45, 2.75) is 26.4 Å². The van der Waals surface area contributed by atoms with Crippen molar-refractivity contribution >= 4 is 23.2 Å². The van der Waals surface area contributed by atoms with Gasteiger partial charge in [-0.15, -0.1) is 0 Å². The van der Waals surface area contributed by atoms with Crippen molar-refractivity contribution in [3.8, 4) is 17.2 Å². The fourth-order valence-corrected chi connectivity index (χ4v) is 2.88. The third-order valence-electron chi connectivity index (χ3n) is 3.74. The van der Waals surface area contributed by atoms with E-state index >= 15 is 0 Å². The van der Waals surface area contributed by atoms with E-state index in [9.17, 15) is 4.79 Å². The predicted molar refractivity (Wildman–Crippen MR) is 97.0 cm³/mol. The van der Waals surface area contributed by atoms with Gasteiger partial charge in [-0.2, -0.15) is 0 Å². The van der Waals surface area contributed by atoms with E-state index in [0.717, 1.165) is 17.7 Å². The fourth-order valence-electron chi connectivity index (χ4n) is 2.70. The molecule has 0 aliphatic carbocycles. The summed E-state index contributed by atoms with van der Waals surface area (Å²) in [6.07, 6.45) is 0.961. The minimum Gasteiger partial charge on any atom is -0.492 e. The van der Waals surface area contributed by atoms with Crippen LogP contribution in [-0.2, 0) is 11.2 Å². The molecular weight excluding hydrogens is 342 g/mol. The number of halogens is 1. The van der Waals surface area contributed by atoms with Crippen molar-refractivity contribution < 1.29 is 19.0 Å². The molecule has 1 aliphatic heterocycles. The second-order valence-electron chi connectivity index (χ2n) is 5.82. The normalized spacial score (nSPS) is 15.2. The lowest BCUT2D eigenvalue weighted by atomic mass is 10.1. The highest BCUT2D eigenvalue weighted by molar-refractivity contribution is 6.30. The third-order valence-corrected chi connectivity index (χ3v) is 3.97. The number of anilines is 1. The maximum Gasteiger partial charge on any atom is 0.262 e. The molecule has 0 saturated heterocycles. The summed E-state index contributed by atoms with van der Waals surface area (Å²) in [4.78, 5) is 12.2. The van der Waals surface area contributed by atoms with Crippen molar-refractivity contribution in [3.05, 3.63) is 47.0 Å². The first kappa shape index (κ1) is 17.4. The van der Waals surface area contributed by atoms with Gasteiger partial charge in [0.1, 0.15) is 23.4 Å². The van der Waals surface area contributed by atoms with Gasteiger partial charge in [0, 0.05) is 23.1 Å². The molecule has 1 heterocycles. The molecule has 0 aromatic heterocycles. The van der Waals surface area contributed by atoms with Crippen LogP contribution in [-0.4, -0.2) is 25.2 Å². The van der Waals surface area contributed by atoms with E-state index in [1.54, 1.807) is 30.3 Å². The smallest absolute Gasteiger partial charge is 0.262 e. The highest BCUT2D eigenvalue weighted by atomic mass is 35.5. The van der Waals surface area contributed by atoms with Gasteiger partial charge in [-0.05, 0) is 38.1 Å². The van der Waals surface area contributed by atoms with Gasteiger partial charge in [-0.25, -0.2) is 0 Å². The molecule has 1 aliphatic rings. The number of carbonyl (C=O) groups excluding carboxylic acids is 1. The molecule has 25 heavy (non-hydrogen) atoms. The molecule has 1 atom stereocenters. The Labute approximate surface area is 151 Å². The monoisotopic (exact) mass is 361 g/mol. The molecule has 1 amide bonds. The van der Waals surface area contributed by atoms with Crippen molar-refractivity contribution in [2.24, 2.45) is 0 Å². The zero-order valence-corrected chi connectivity index (χ0v) is 14.9. The first-order valence-corrected chi connectivity index (χ1v) is 8.57. The summed E-state index contributed by atoms with van der Waals surface area (Å²) in [5.74, 6) is 1.67. The molecule has 5 nitrogen and oxygen atoms in total. The summed E-state index contributed by atoms with van der Waals surface area (Å²) >= 11 is 5.90. The fraction of sp³-hybridized carbons (Fsp3) is 0.316. The van der Waals surface area contributed by atoms with Crippen molar-refractivity contribution in [1.29, 1.82) is 0 Å². The number of benzene rings is 2. The summed E-state index contributed by atoms with van der Waals surface area (Å²) in [5.41, 5.74) is 1.67. The van der Waals surface area contributed by atoms with Crippen molar-refractivity contribution in [2.75, 3.05) is 18.5 Å². The molecule has 0 spiro atoms. The highest BCUT2D eigenvalue weighted by Gasteiger charge is 2.22. The van der Waals surface area contributed by atoms with E-state index < -0.39 is 0 Å². The number of hydrogen-bond donors (Lipinski definition) is 1. The van der Waals surface area contributed by atoms with Gasteiger partial charge in [0.15, 0.2) is 6.61 Å². The molecule has 0 fully saturated rings. The Morgan fingerprint density at radius 2 is 2.16 bits per heavy atom. The zero-order chi connectivity index (χ0) is 17.8. The number of fused-ring (bicyclic) bond motifs is 1. The quantitative estimate of drug-likeness (QED) is 0.842. The van der Waals surface area contributed by atoms with Gasteiger partial charge in [-0.1, -0.05) is 17.7 Å². The average Bonchev–Trinajstić information content (AvgIpc) is 2.92. The number of carbonyl (C=O) groups is 1.